The lowest BCUT2D eigenvalue weighted by atomic mass is 10.1. The summed E-state index contributed by atoms with van der Waals surface area (Å²) in [6.45, 7) is 1.48. The highest BCUT2D eigenvalue weighted by molar-refractivity contribution is 8.16. The second-order valence-corrected chi connectivity index (χ2v) is 8.07. The fraction of sp³-hybridized carbons (Fsp3) is 0.533. The first-order chi connectivity index (χ1) is 9.74. The lowest BCUT2D eigenvalue weighted by Crippen LogP contribution is -2.31. The largest absolute Gasteiger partial charge is 0.337 e. The maximum Gasteiger partial charge on any atom is 0.253 e. The minimum atomic E-state index is 0.119. The van der Waals surface area contributed by atoms with Crippen LogP contribution in [0.3, 0.4) is 0 Å². The third-order valence-electron chi connectivity index (χ3n) is 3.77. The van der Waals surface area contributed by atoms with E-state index in [1.165, 1.54) is 23.5 Å². The molecule has 2 heterocycles. The summed E-state index contributed by atoms with van der Waals surface area (Å²) in [5, 5.41) is 0. The third kappa shape index (κ3) is 3.15. The topological polar surface area (TPSA) is 46.3 Å². The molecule has 3 nitrogen and oxygen atoms in total. The van der Waals surface area contributed by atoms with Crippen molar-refractivity contribution < 1.29 is 4.79 Å². The van der Waals surface area contributed by atoms with Crippen LogP contribution in [0.15, 0.2) is 24.3 Å². The van der Waals surface area contributed by atoms with E-state index < -0.39 is 0 Å². The first-order valence-electron chi connectivity index (χ1n) is 7.12. The molecule has 2 aliphatic heterocycles. The summed E-state index contributed by atoms with van der Waals surface area (Å²) in [5.74, 6) is 2.60. The van der Waals surface area contributed by atoms with Gasteiger partial charge in [-0.1, -0.05) is 12.1 Å². The summed E-state index contributed by atoms with van der Waals surface area (Å²) in [7, 11) is 0. The molecule has 0 aliphatic carbocycles. The van der Waals surface area contributed by atoms with Gasteiger partial charge in [0.2, 0.25) is 0 Å². The van der Waals surface area contributed by atoms with Gasteiger partial charge >= 0.3 is 0 Å². The van der Waals surface area contributed by atoms with Gasteiger partial charge in [0.15, 0.2) is 0 Å². The van der Waals surface area contributed by atoms with Crippen LogP contribution >= 0.6 is 23.5 Å². The smallest absolute Gasteiger partial charge is 0.253 e. The number of nitrogens with zero attached hydrogens (tertiary/aromatic N) is 1. The fourth-order valence-corrected chi connectivity index (χ4v) is 5.51. The van der Waals surface area contributed by atoms with Crippen molar-refractivity contribution in [3.8, 4) is 0 Å². The summed E-state index contributed by atoms with van der Waals surface area (Å²) in [6.07, 6.45) is 2.22. The molecule has 3 rings (SSSR count). The number of carbonyl (C=O) groups excluding carboxylic acids is 1. The van der Waals surface area contributed by atoms with E-state index in [0.29, 0.717) is 11.1 Å². The second-order valence-electron chi connectivity index (χ2n) is 5.35. The number of benzene rings is 1. The number of carbonyl (C=O) groups is 1. The number of hydrogen-bond acceptors (Lipinski definition) is 4. The second kappa shape index (κ2) is 6.41. The lowest BCUT2D eigenvalue weighted by Gasteiger charge is -2.21. The van der Waals surface area contributed by atoms with E-state index in [1.54, 1.807) is 0 Å². The van der Waals surface area contributed by atoms with Crippen molar-refractivity contribution in [2.24, 2.45) is 5.73 Å². The van der Waals surface area contributed by atoms with Crippen molar-refractivity contribution in [2.75, 3.05) is 24.6 Å². The molecule has 0 bridgehead atoms. The van der Waals surface area contributed by atoms with Crippen LogP contribution in [0.1, 0.15) is 33.3 Å². The maximum atomic E-state index is 12.3. The Morgan fingerprint density at radius 2 is 1.90 bits per heavy atom. The van der Waals surface area contributed by atoms with Crippen LogP contribution in [0.5, 0.6) is 0 Å². The Kier molecular flexibility index (Phi) is 4.58. The van der Waals surface area contributed by atoms with Crippen molar-refractivity contribution in [3.63, 3.8) is 0 Å². The number of nitrogens with two attached hydrogens (primary N) is 1. The van der Waals surface area contributed by atoms with Gasteiger partial charge in [-0.25, -0.2) is 0 Å². The molecule has 0 saturated carbocycles. The van der Waals surface area contributed by atoms with Gasteiger partial charge < -0.3 is 10.6 Å². The zero-order valence-corrected chi connectivity index (χ0v) is 13.1. The molecule has 5 heteroatoms. The Hall–Kier alpha value is -0.650. The first-order valence-corrected chi connectivity index (χ1v) is 9.22. The van der Waals surface area contributed by atoms with E-state index in [4.69, 9.17) is 5.73 Å². The van der Waals surface area contributed by atoms with Crippen molar-refractivity contribution in [1.82, 2.24) is 4.90 Å². The number of amides is 1. The summed E-state index contributed by atoms with van der Waals surface area (Å²) in [5.41, 5.74) is 7.98. The normalized spacial score (nSPS) is 24.1. The van der Waals surface area contributed by atoms with Crippen LogP contribution in [-0.2, 0) is 0 Å². The van der Waals surface area contributed by atoms with Crippen LogP contribution in [0, 0.1) is 0 Å². The average Bonchev–Trinajstić information content (AvgIpc) is 2.94. The van der Waals surface area contributed by atoms with Crippen LogP contribution < -0.4 is 5.73 Å². The molecule has 1 aromatic rings. The summed E-state index contributed by atoms with van der Waals surface area (Å²) in [4.78, 5) is 14.2. The van der Waals surface area contributed by atoms with E-state index in [9.17, 15) is 4.79 Å². The Labute approximate surface area is 128 Å². The Bertz CT molecular complexity index is 471. The van der Waals surface area contributed by atoms with E-state index >= 15 is 0 Å². The van der Waals surface area contributed by atoms with Gasteiger partial charge in [0.05, 0.1) is 4.58 Å². The molecule has 0 aromatic heterocycles. The van der Waals surface area contributed by atoms with Gasteiger partial charge in [0, 0.05) is 24.7 Å². The Balaban J connectivity index is 1.67. The molecular weight excluding hydrogens is 288 g/mol. The zero-order valence-electron chi connectivity index (χ0n) is 11.5. The van der Waals surface area contributed by atoms with Gasteiger partial charge in [-0.2, -0.15) is 0 Å². The number of hydrogen-bond donors (Lipinski definition) is 1. The van der Waals surface area contributed by atoms with Gasteiger partial charge in [-0.05, 0) is 42.0 Å². The van der Waals surface area contributed by atoms with Gasteiger partial charge in [0.25, 0.3) is 5.91 Å². The quantitative estimate of drug-likeness (QED) is 0.912. The third-order valence-corrected chi connectivity index (χ3v) is 6.78. The summed E-state index contributed by atoms with van der Waals surface area (Å²) >= 11 is 4.01. The molecule has 2 saturated heterocycles. The number of likely N-dealkylation sites (tertiary alicyclic amines) is 1. The van der Waals surface area contributed by atoms with Crippen LogP contribution in [0.2, 0.25) is 0 Å². The summed E-state index contributed by atoms with van der Waals surface area (Å²) in [6, 6.07) is 8.31. The van der Waals surface area contributed by atoms with E-state index in [2.05, 4.69) is 12.1 Å². The van der Waals surface area contributed by atoms with Crippen molar-refractivity contribution in [1.29, 1.82) is 0 Å². The van der Waals surface area contributed by atoms with Crippen molar-refractivity contribution >= 4 is 29.4 Å². The molecule has 0 radical (unpaired) electrons. The van der Waals surface area contributed by atoms with Crippen LogP contribution in [-0.4, -0.2) is 41.4 Å². The van der Waals surface area contributed by atoms with E-state index in [-0.39, 0.29) is 11.9 Å². The molecule has 1 aromatic carbocycles. The molecule has 108 valence electrons. The van der Waals surface area contributed by atoms with Crippen LogP contribution in [0.25, 0.3) is 0 Å². The summed E-state index contributed by atoms with van der Waals surface area (Å²) < 4.78 is 0.535. The van der Waals surface area contributed by atoms with Gasteiger partial charge in [-0.15, -0.1) is 23.5 Å². The molecule has 20 heavy (non-hydrogen) atoms. The minimum Gasteiger partial charge on any atom is -0.337 e. The highest BCUT2D eigenvalue weighted by atomic mass is 32.2. The SMILES string of the molecule is N[C@@H]1CCN(C(=O)c2ccc(C3SCCCS3)cc2)C1. The predicted octanol–water partition coefficient (Wildman–Crippen LogP) is 2.73. The number of rotatable bonds is 2. The molecule has 1 amide bonds. The molecule has 2 fully saturated rings. The van der Waals surface area contributed by atoms with E-state index in [0.717, 1.165) is 18.5 Å². The predicted molar refractivity (Wildman–Crippen MR) is 87.2 cm³/mol. The minimum absolute atomic E-state index is 0.119. The monoisotopic (exact) mass is 308 g/mol. The molecule has 2 N–H and O–H groups in total. The molecular formula is C15H20N2OS2. The molecule has 1 atom stereocenters. The molecule has 0 spiro atoms. The fourth-order valence-electron chi connectivity index (χ4n) is 2.62. The highest BCUT2D eigenvalue weighted by Gasteiger charge is 2.24. The zero-order chi connectivity index (χ0) is 13.9. The lowest BCUT2D eigenvalue weighted by molar-refractivity contribution is 0.0791. The Morgan fingerprint density at radius 3 is 2.50 bits per heavy atom. The van der Waals surface area contributed by atoms with Crippen molar-refractivity contribution in [2.45, 2.75) is 23.5 Å². The molecule has 2 aliphatic rings. The van der Waals surface area contributed by atoms with E-state index in [1.807, 2.05) is 40.6 Å². The first kappa shape index (κ1) is 14.3. The van der Waals surface area contributed by atoms with Gasteiger partial charge in [0.1, 0.15) is 0 Å². The van der Waals surface area contributed by atoms with Crippen LogP contribution in [0.4, 0.5) is 0 Å². The molecule has 0 unspecified atom stereocenters. The average molecular weight is 308 g/mol. The highest BCUT2D eigenvalue weighted by Crippen LogP contribution is 2.43. The van der Waals surface area contributed by atoms with Gasteiger partial charge in [-0.3, -0.25) is 4.79 Å². The van der Waals surface area contributed by atoms with Crippen molar-refractivity contribution in [3.05, 3.63) is 35.4 Å². The maximum absolute atomic E-state index is 12.3. The number of thioether (sulfide) groups is 2. The standard InChI is InChI=1S/C15H20N2OS2/c16-13-6-7-17(10-13)14(18)11-2-4-12(5-3-11)15-19-8-1-9-20-15/h2-5,13,15H,1,6-10,16H2/t13-/m1/s1. The Morgan fingerprint density at radius 1 is 1.20 bits per heavy atom.